The Morgan fingerprint density at radius 3 is 2.48 bits per heavy atom. The third kappa shape index (κ3) is 2.48. The number of hydrogen-bond acceptors (Lipinski definition) is 1. The first-order chi connectivity index (χ1) is 9.90. The molecule has 3 aliphatic carbocycles. The van der Waals surface area contributed by atoms with E-state index >= 15 is 0 Å². The normalized spacial score (nSPS) is 50.6. The van der Waals surface area contributed by atoms with Crippen LogP contribution in [0.25, 0.3) is 0 Å². The average Bonchev–Trinajstić information content (AvgIpc) is 2.46. The van der Waals surface area contributed by atoms with Gasteiger partial charge in [-0.2, -0.15) is 0 Å². The molecule has 1 nitrogen and oxygen atoms in total. The summed E-state index contributed by atoms with van der Waals surface area (Å²) in [7, 11) is 0. The molecule has 0 aromatic rings. The molecule has 21 heavy (non-hydrogen) atoms. The smallest absolute Gasteiger partial charge is 0.0487 e. The highest BCUT2D eigenvalue weighted by atomic mass is 16.3. The van der Waals surface area contributed by atoms with E-state index in [2.05, 4.69) is 27.7 Å². The summed E-state index contributed by atoms with van der Waals surface area (Å²) in [4.78, 5) is 0. The molecule has 1 heteroatoms. The molecule has 122 valence electrons. The molecule has 0 amide bonds. The highest BCUT2D eigenvalue weighted by Gasteiger charge is 2.56. The van der Waals surface area contributed by atoms with Gasteiger partial charge in [0, 0.05) is 6.61 Å². The van der Waals surface area contributed by atoms with Gasteiger partial charge in [-0.15, -0.1) is 0 Å². The van der Waals surface area contributed by atoms with Crippen molar-refractivity contribution in [1.82, 2.24) is 0 Å². The Morgan fingerprint density at radius 2 is 1.81 bits per heavy atom. The zero-order valence-corrected chi connectivity index (χ0v) is 14.7. The zero-order chi connectivity index (χ0) is 15.3. The molecule has 3 rings (SSSR count). The molecule has 0 heterocycles. The molecule has 3 saturated carbocycles. The van der Waals surface area contributed by atoms with Gasteiger partial charge in [0.25, 0.3) is 0 Å². The van der Waals surface area contributed by atoms with Crippen LogP contribution in [0.1, 0.15) is 79.1 Å². The summed E-state index contributed by atoms with van der Waals surface area (Å²) in [5.74, 6) is 4.52. The first-order valence-electron chi connectivity index (χ1n) is 9.51. The van der Waals surface area contributed by atoms with Gasteiger partial charge in [-0.25, -0.2) is 0 Å². The number of fused-ring (bicyclic) bond motifs is 3. The quantitative estimate of drug-likeness (QED) is 0.734. The van der Waals surface area contributed by atoms with Gasteiger partial charge >= 0.3 is 0 Å². The van der Waals surface area contributed by atoms with Crippen LogP contribution in [0, 0.1) is 40.4 Å². The largest absolute Gasteiger partial charge is 0.396 e. The van der Waals surface area contributed by atoms with Gasteiger partial charge in [0.2, 0.25) is 0 Å². The Balaban J connectivity index is 1.82. The lowest BCUT2D eigenvalue weighted by Crippen LogP contribution is -2.54. The third-order valence-electron chi connectivity index (χ3n) is 8.10. The van der Waals surface area contributed by atoms with Gasteiger partial charge in [-0.1, -0.05) is 34.1 Å². The molecule has 0 aliphatic heterocycles. The summed E-state index contributed by atoms with van der Waals surface area (Å²) in [6.07, 6.45) is 11.2. The third-order valence-corrected chi connectivity index (χ3v) is 8.10. The van der Waals surface area contributed by atoms with E-state index in [1.54, 1.807) is 0 Å². The molecule has 0 aromatic heterocycles. The number of aliphatic hydroxyl groups excluding tert-OH is 1. The van der Waals surface area contributed by atoms with E-state index in [0.717, 1.165) is 29.6 Å². The first-order valence-corrected chi connectivity index (χ1v) is 9.51. The van der Waals surface area contributed by atoms with E-state index < -0.39 is 0 Å². The van der Waals surface area contributed by atoms with E-state index in [-0.39, 0.29) is 5.41 Å². The van der Waals surface area contributed by atoms with Gasteiger partial charge in [0.1, 0.15) is 0 Å². The van der Waals surface area contributed by atoms with Crippen LogP contribution in [0.3, 0.4) is 0 Å². The van der Waals surface area contributed by atoms with Crippen molar-refractivity contribution in [2.75, 3.05) is 6.61 Å². The SMILES string of the molecule is CC(C)[C@@H]1CC[C@H]2[C@@H](CC[C@H]3[C@](C)(CO)CCC[C@]23C)C1. The van der Waals surface area contributed by atoms with Crippen LogP contribution in [-0.2, 0) is 0 Å². The number of rotatable bonds is 2. The van der Waals surface area contributed by atoms with Crippen LogP contribution < -0.4 is 0 Å². The van der Waals surface area contributed by atoms with E-state index in [0.29, 0.717) is 12.0 Å². The minimum absolute atomic E-state index is 0.201. The fourth-order valence-corrected chi connectivity index (χ4v) is 6.80. The maximum Gasteiger partial charge on any atom is 0.0487 e. The van der Waals surface area contributed by atoms with E-state index in [1.807, 2.05) is 0 Å². The van der Waals surface area contributed by atoms with Crippen molar-refractivity contribution >= 4 is 0 Å². The molecule has 3 fully saturated rings. The van der Waals surface area contributed by atoms with Gasteiger partial charge in [0.15, 0.2) is 0 Å². The summed E-state index contributed by atoms with van der Waals surface area (Å²) in [6.45, 7) is 10.2. The van der Waals surface area contributed by atoms with Crippen LogP contribution in [0.15, 0.2) is 0 Å². The lowest BCUT2D eigenvalue weighted by molar-refractivity contribution is -0.135. The minimum atomic E-state index is 0.201. The Hall–Kier alpha value is -0.0400. The molecule has 0 bridgehead atoms. The predicted molar refractivity (Wildman–Crippen MR) is 89.0 cm³/mol. The molecule has 0 spiro atoms. The van der Waals surface area contributed by atoms with E-state index in [1.165, 1.54) is 51.4 Å². The summed E-state index contributed by atoms with van der Waals surface area (Å²) in [5.41, 5.74) is 0.716. The standard InChI is InChI=1S/C20H36O/c1-14(2)15-6-8-17-16(12-15)7-9-18-19(3,13-21)10-5-11-20(17,18)4/h14-18,21H,5-13H2,1-4H3/t15-,16+,17+,18+,19+,20-/m1/s1. The molecule has 0 unspecified atom stereocenters. The molecular formula is C20H36O. The zero-order valence-electron chi connectivity index (χ0n) is 14.7. The minimum Gasteiger partial charge on any atom is -0.396 e. The summed E-state index contributed by atoms with van der Waals surface area (Å²) in [6, 6.07) is 0. The van der Waals surface area contributed by atoms with E-state index in [9.17, 15) is 5.11 Å². The Morgan fingerprint density at radius 1 is 1.05 bits per heavy atom. The van der Waals surface area contributed by atoms with Crippen molar-refractivity contribution in [3.05, 3.63) is 0 Å². The molecule has 0 aromatic carbocycles. The van der Waals surface area contributed by atoms with Crippen LogP contribution in [0.4, 0.5) is 0 Å². The van der Waals surface area contributed by atoms with Crippen LogP contribution >= 0.6 is 0 Å². The van der Waals surface area contributed by atoms with Gasteiger partial charge in [-0.3, -0.25) is 0 Å². The fourth-order valence-electron chi connectivity index (χ4n) is 6.80. The van der Waals surface area contributed by atoms with Crippen molar-refractivity contribution in [3.63, 3.8) is 0 Å². The predicted octanol–water partition coefficient (Wildman–Crippen LogP) is 5.27. The maximum absolute atomic E-state index is 10.0. The highest BCUT2D eigenvalue weighted by molar-refractivity contribution is 5.05. The lowest BCUT2D eigenvalue weighted by Gasteiger charge is -2.61. The summed E-state index contributed by atoms with van der Waals surface area (Å²) >= 11 is 0. The van der Waals surface area contributed by atoms with E-state index in [4.69, 9.17) is 0 Å². The van der Waals surface area contributed by atoms with Crippen molar-refractivity contribution in [3.8, 4) is 0 Å². The van der Waals surface area contributed by atoms with Crippen molar-refractivity contribution < 1.29 is 5.11 Å². The summed E-state index contributed by atoms with van der Waals surface area (Å²) < 4.78 is 0. The maximum atomic E-state index is 10.0. The Kier molecular flexibility index (Phi) is 4.19. The van der Waals surface area contributed by atoms with Crippen molar-refractivity contribution in [2.45, 2.75) is 79.1 Å². The van der Waals surface area contributed by atoms with Crippen molar-refractivity contribution in [2.24, 2.45) is 40.4 Å². The molecule has 6 atom stereocenters. The second kappa shape index (κ2) is 5.55. The second-order valence-electron chi connectivity index (χ2n) is 9.49. The van der Waals surface area contributed by atoms with Gasteiger partial charge in [-0.05, 0) is 85.4 Å². The Labute approximate surface area is 131 Å². The van der Waals surface area contributed by atoms with Crippen LogP contribution in [-0.4, -0.2) is 11.7 Å². The monoisotopic (exact) mass is 292 g/mol. The van der Waals surface area contributed by atoms with Gasteiger partial charge < -0.3 is 5.11 Å². The summed E-state index contributed by atoms with van der Waals surface area (Å²) in [5, 5.41) is 10.0. The average molecular weight is 293 g/mol. The molecule has 0 radical (unpaired) electrons. The number of aliphatic hydroxyl groups is 1. The highest BCUT2D eigenvalue weighted by Crippen LogP contribution is 2.64. The molecule has 1 N–H and O–H groups in total. The van der Waals surface area contributed by atoms with Crippen molar-refractivity contribution in [1.29, 1.82) is 0 Å². The molecular weight excluding hydrogens is 256 g/mol. The fraction of sp³-hybridized carbons (Fsp3) is 1.00. The molecule has 0 saturated heterocycles. The van der Waals surface area contributed by atoms with Crippen LogP contribution in [0.5, 0.6) is 0 Å². The van der Waals surface area contributed by atoms with Gasteiger partial charge in [0.05, 0.1) is 0 Å². The first kappa shape index (κ1) is 15.8. The number of hydrogen-bond donors (Lipinski definition) is 1. The second-order valence-corrected chi connectivity index (χ2v) is 9.49. The molecule has 3 aliphatic rings. The lowest BCUT2D eigenvalue weighted by atomic mass is 9.44. The topological polar surface area (TPSA) is 20.2 Å². The Bertz CT molecular complexity index is 376. The van der Waals surface area contributed by atoms with Crippen LogP contribution in [0.2, 0.25) is 0 Å².